The smallest absolute Gasteiger partial charge is 0.244 e. The number of furan rings is 1. The van der Waals surface area contributed by atoms with E-state index in [2.05, 4.69) is 5.32 Å². The summed E-state index contributed by atoms with van der Waals surface area (Å²) >= 11 is 1.58. The predicted octanol–water partition coefficient (Wildman–Crippen LogP) is 3.12. The molecule has 1 aliphatic rings. The maximum absolute atomic E-state index is 12.7. The summed E-state index contributed by atoms with van der Waals surface area (Å²) in [6.07, 6.45) is 3.21. The second kappa shape index (κ2) is 7.13. The number of nitrogens with zero attached hydrogens (tertiary/aromatic N) is 1. The van der Waals surface area contributed by atoms with E-state index in [-0.39, 0.29) is 23.2 Å². The molecular weight excluding hydrogens is 324 g/mol. The molecule has 24 heavy (non-hydrogen) atoms. The van der Waals surface area contributed by atoms with E-state index in [0.717, 1.165) is 11.1 Å². The summed E-state index contributed by atoms with van der Waals surface area (Å²) in [5, 5.41) is 2.84. The molecule has 0 unspecified atom stereocenters. The third-order valence-corrected chi connectivity index (χ3v) is 5.48. The highest BCUT2D eigenvalue weighted by Crippen LogP contribution is 2.41. The Balaban J connectivity index is 1.73. The molecule has 2 aromatic rings. The highest BCUT2D eigenvalue weighted by atomic mass is 32.2. The first kappa shape index (κ1) is 16.6. The molecule has 1 aromatic carbocycles. The van der Waals surface area contributed by atoms with Crippen LogP contribution in [0.4, 0.5) is 0 Å². The van der Waals surface area contributed by atoms with Crippen molar-refractivity contribution < 1.29 is 14.0 Å². The van der Waals surface area contributed by atoms with E-state index >= 15 is 0 Å². The van der Waals surface area contributed by atoms with Crippen LogP contribution in [0.25, 0.3) is 0 Å². The first-order valence-electron chi connectivity index (χ1n) is 7.86. The van der Waals surface area contributed by atoms with Gasteiger partial charge in [0.2, 0.25) is 11.8 Å². The van der Waals surface area contributed by atoms with Gasteiger partial charge in [-0.15, -0.1) is 11.8 Å². The van der Waals surface area contributed by atoms with Crippen LogP contribution in [0.1, 0.15) is 36.4 Å². The minimum absolute atomic E-state index is 0.106. The Morgan fingerprint density at radius 1 is 1.29 bits per heavy atom. The Kier molecular flexibility index (Phi) is 4.94. The Labute approximate surface area is 145 Å². The Hall–Kier alpha value is -2.21. The van der Waals surface area contributed by atoms with Gasteiger partial charge in [0.25, 0.3) is 0 Å². The number of carbonyl (C=O) groups is 2. The number of nitrogens with one attached hydrogen (secondary N) is 1. The maximum Gasteiger partial charge on any atom is 0.244 e. The van der Waals surface area contributed by atoms with Gasteiger partial charge in [0, 0.05) is 18.2 Å². The van der Waals surface area contributed by atoms with E-state index in [4.69, 9.17) is 4.42 Å². The summed E-state index contributed by atoms with van der Waals surface area (Å²) in [5.41, 5.74) is 1.94. The first-order valence-corrected chi connectivity index (χ1v) is 8.90. The molecule has 0 radical (unpaired) electrons. The van der Waals surface area contributed by atoms with E-state index in [1.165, 1.54) is 6.92 Å². The zero-order chi connectivity index (χ0) is 17.1. The zero-order valence-corrected chi connectivity index (χ0v) is 14.5. The van der Waals surface area contributed by atoms with Crippen LogP contribution in [0.5, 0.6) is 0 Å². The van der Waals surface area contributed by atoms with Gasteiger partial charge in [-0.1, -0.05) is 30.3 Å². The number of rotatable bonds is 4. The second-order valence-corrected chi connectivity index (χ2v) is 6.94. The van der Waals surface area contributed by atoms with Crippen molar-refractivity contribution in [2.45, 2.75) is 31.3 Å². The van der Waals surface area contributed by atoms with Gasteiger partial charge >= 0.3 is 0 Å². The lowest BCUT2D eigenvalue weighted by Gasteiger charge is -2.28. The summed E-state index contributed by atoms with van der Waals surface area (Å²) in [7, 11) is 0. The largest absolute Gasteiger partial charge is 0.472 e. The van der Waals surface area contributed by atoms with Gasteiger partial charge in [-0.3, -0.25) is 9.59 Å². The fraction of sp³-hybridized carbons (Fsp3) is 0.333. The number of hydrogen-bond donors (Lipinski definition) is 1. The monoisotopic (exact) mass is 344 g/mol. The SMILES string of the molecule is CC(=O)N1[C@@H](c2ccoc2)SC[C@H]1C(=O)N[C@@H](C)c1ccccc1. The summed E-state index contributed by atoms with van der Waals surface area (Å²) in [6.45, 7) is 3.45. The standard InChI is InChI=1S/C18H20N2O3S/c1-12(14-6-4-3-5-7-14)19-17(22)16-11-24-18(20(16)13(2)21)15-8-9-23-10-15/h3-10,12,16,18H,11H2,1-2H3,(H,19,22)/t12-,16-,18+/m0/s1. The van der Waals surface area contributed by atoms with Gasteiger partial charge in [-0.25, -0.2) is 0 Å². The van der Waals surface area contributed by atoms with Crippen molar-refractivity contribution in [3.8, 4) is 0 Å². The molecule has 0 saturated carbocycles. The predicted molar refractivity (Wildman–Crippen MR) is 93.2 cm³/mol. The van der Waals surface area contributed by atoms with Crippen LogP contribution in [0.3, 0.4) is 0 Å². The van der Waals surface area contributed by atoms with Crippen molar-refractivity contribution >= 4 is 23.6 Å². The summed E-state index contributed by atoms with van der Waals surface area (Å²) in [5.74, 6) is 0.335. The van der Waals surface area contributed by atoms with E-state index in [1.54, 1.807) is 29.2 Å². The van der Waals surface area contributed by atoms with Gasteiger partial charge in [0.15, 0.2) is 0 Å². The van der Waals surface area contributed by atoms with Crippen LogP contribution in [0.15, 0.2) is 53.3 Å². The molecule has 1 aliphatic heterocycles. The molecular formula is C18H20N2O3S. The minimum Gasteiger partial charge on any atom is -0.472 e. The average molecular weight is 344 g/mol. The van der Waals surface area contributed by atoms with Crippen molar-refractivity contribution in [2.75, 3.05) is 5.75 Å². The molecule has 1 N–H and O–H groups in total. The van der Waals surface area contributed by atoms with Crippen LogP contribution < -0.4 is 5.32 Å². The number of amides is 2. The van der Waals surface area contributed by atoms with Crippen LogP contribution in [-0.4, -0.2) is 28.5 Å². The Bertz CT molecular complexity index is 702. The maximum atomic E-state index is 12.7. The first-order chi connectivity index (χ1) is 11.6. The van der Waals surface area contributed by atoms with Gasteiger partial charge in [-0.05, 0) is 18.6 Å². The Morgan fingerprint density at radius 3 is 2.67 bits per heavy atom. The molecule has 126 valence electrons. The van der Waals surface area contributed by atoms with E-state index in [0.29, 0.717) is 5.75 Å². The van der Waals surface area contributed by atoms with Gasteiger partial charge in [0.1, 0.15) is 11.4 Å². The normalized spacial score (nSPS) is 21.5. The molecule has 1 fully saturated rings. The summed E-state index contributed by atoms with van der Waals surface area (Å²) < 4.78 is 5.12. The lowest BCUT2D eigenvalue weighted by Crippen LogP contribution is -2.47. The fourth-order valence-electron chi connectivity index (χ4n) is 2.90. The summed E-state index contributed by atoms with van der Waals surface area (Å²) in [6, 6.07) is 11.0. The van der Waals surface area contributed by atoms with E-state index in [9.17, 15) is 9.59 Å². The molecule has 3 rings (SSSR count). The van der Waals surface area contributed by atoms with Crippen LogP contribution >= 0.6 is 11.8 Å². The van der Waals surface area contributed by atoms with Crippen molar-refractivity contribution in [3.05, 3.63) is 60.1 Å². The van der Waals surface area contributed by atoms with Crippen molar-refractivity contribution in [3.63, 3.8) is 0 Å². The highest BCUT2D eigenvalue weighted by Gasteiger charge is 2.41. The molecule has 6 heteroatoms. The van der Waals surface area contributed by atoms with E-state index < -0.39 is 6.04 Å². The quantitative estimate of drug-likeness (QED) is 0.926. The average Bonchev–Trinajstić information content (AvgIpc) is 3.24. The molecule has 2 amide bonds. The van der Waals surface area contributed by atoms with Gasteiger partial charge in [-0.2, -0.15) is 0 Å². The van der Waals surface area contributed by atoms with Crippen molar-refractivity contribution in [1.82, 2.24) is 10.2 Å². The number of benzene rings is 1. The molecule has 1 aromatic heterocycles. The third-order valence-electron chi connectivity index (χ3n) is 4.15. The minimum atomic E-state index is -0.474. The number of thioether (sulfide) groups is 1. The molecule has 1 saturated heterocycles. The van der Waals surface area contributed by atoms with Crippen LogP contribution in [0.2, 0.25) is 0 Å². The molecule has 5 nitrogen and oxygen atoms in total. The molecule has 0 bridgehead atoms. The Morgan fingerprint density at radius 2 is 2.04 bits per heavy atom. The number of carbonyl (C=O) groups excluding carboxylic acids is 2. The molecule has 0 aliphatic carbocycles. The zero-order valence-electron chi connectivity index (χ0n) is 13.6. The third kappa shape index (κ3) is 3.33. The molecule has 3 atom stereocenters. The van der Waals surface area contributed by atoms with Crippen LogP contribution in [-0.2, 0) is 9.59 Å². The van der Waals surface area contributed by atoms with Gasteiger partial charge in [0.05, 0.1) is 18.6 Å². The van der Waals surface area contributed by atoms with Crippen LogP contribution in [0, 0.1) is 0 Å². The second-order valence-electron chi connectivity index (χ2n) is 5.83. The lowest BCUT2D eigenvalue weighted by atomic mass is 10.1. The van der Waals surface area contributed by atoms with E-state index in [1.807, 2.05) is 43.3 Å². The highest BCUT2D eigenvalue weighted by molar-refractivity contribution is 7.99. The number of hydrogen-bond acceptors (Lipinski definition) is 4. The topological polar surface area (TPSA) is 62.6 Å². The van der Waals surface area contributed by atoms with Crippen molar-refractivity contribution in [2.24, 2.45) is 0 Å². The molecule has 2 heterocycles. The molecule has 0 spiro atoms. The van der Waals surface area contributed by atoms with Gasteiger partial charge < -0.3 is 14.6 Å². The summed E-state index contributed by atoms with van der Waals surface area (Å²) in [4.78, 5) is 26.5. The lowest BCUT2D eigenvalue weighted by molar-refractivity contribution is -0.138. The fourth-order valence-corrected chi connectivity index (χ4v) is 4.36. The van der Waals surface area contributed by atoms with Crippen molar-refractivity contribution in [1.29, 1.82) is 0 Å².